The summed E-state index contributed by atoms with van der Waals surface area (Å²) in [5.74, 6) is 0. The van der Waals surface area contributed by atoms with E-state index in [-0.39, 0.29) is 32.7 Å². The number of fused-ring (bicyclic) bond motifs is 3. The number of aryl methyl sites for hydroxylation is 2. The molecule has 1 radical (unpaired) electrons. The van der Waals surface area contributed by atoms with Gasteiger partial charge in [0.05, 0.1) is 0 Å². The van der Waals surface area contributed by atoms with Crippen molar-refractivity contribution in [1.82, 2.24) is 4.57 Å². The Morgan fingerprint density at radius 2 is 1.34 bits per heavy atom. The van der Waals surface area contributed by atoms with E-state index in [1.54, 1.807) is 6.92 Å². The number of aliphatic imine (C=N–C) groups is 1. The van der Waals surface area contributed by atoms with Crippen LogP contribution in [0.5, 0.6) is 0 Å². The zero-order valence-corrected chi connectivity index (χ0v) is 21.7. The van der Waals surface area contributed by atoms with E-state index in [2.05, 4.69) is 102 Å². The standard InChI is InChI=1S/C21H19N.C8H7N.Y/c1-15-11-16(2)13-17(12-15)14-22-20-9-5-3-7-18(20)19-8-4-6-10-21(19)22;1-2-9-8-6-4-3-5-7-8;/h3-13H,14H2,1-2H3;3-6H,1H3;/q;-2;. The van der Waals surface area contributed by atoms with E-state index < -0.39 is 0 Å². The second-order valence-corrected chi connectivity index (χ2v) is 7.70. The Hall–Kier alpha value is -2.55. The monoisotopic (exact) mass is 491 g/mol. The molecule has 1 aromatic heterocycles. The minimum Gasteiger partial charge on any atom is -0.482 e. The van der Waals surface area contributed by atoms with Gasteiger partial charge in [-0.2, -0.15) is 24.4 Å². The summed E-state index contributed by atoms with van der Waals surface area (Å²) in [7, 11) is 0. The van der Waals surface area contributed by atoms with Crippen molar-refractivity contribution < 1.29 is 32.7 Å². The molecule has 0 aliphatic heterocycles. The molecule has 3 heteroatoms. The molecule has 32 heavy (non-hydrogen) atoms. The third-order valence-electron chi connectivity index (χ3n) is 5.23. The van der Waals surface area contributed by atoms with Gasteiger partial charge in [-0.3, -0.25) is 6.07 Å². The van der Waals surface area contributed by atoms with Crippen molar-refractivity contribution in [2.24, 2.45) is 4.99 Å². The quantitative estimate of drug-likeness (QED) is 0.183. The SMILES string of the molecule is C[C-]=Nc1[c-]cccc1.Cc1cc(C)cc(Cn2c3ccccc3c3ccccc32)c1.[Y]. The summed E-state index contributed by atoms with van der Waals surface area (Å²) in [5, 5.41) is 2.67. The Labute approximate surface area is 215 Å². The van der Waals surface area contributed by atoms with Crippen molar-refractivity contribution in [3.63, 3.8) is 0 Å². The third-order valence-corrected chi connectivity index (χ3v) is 5.23. The number of rotatable bonds is 3. The molecular weight excluding hydrogens is 465 g/mol. The summed E-state index contributed by atoms with van der Waals surface area (Å²) >= 11 is 0. The molecule has 0 aliphatic rings. The third kappa shape index (κ3) is 5.62. The molecule has 0 unspecified atom stereocenters. The number of hydrogen-bond acceptors (Lipinski definition) is 1. The summed E-state index contributed by atoms with van der Waals surface area (Å²) in [6.45, 7) is 7.02. The summed E-state index contributed by atoms with van der Waals surface area (Å²) in [6.07, 6.45) is 2.68. The Morgan fingerprint density at radius 1 is 0.781 bits per heavy atom. The molecule has 0 bridgehead atoms. The van der Waals surface area contributed by atoms with E-state index in [0.29, 0.717) is 0 Å². The Bertz CT molecular complexity index is 1260. The number of aromatic nitrogens is 1. The van der Waals surface area contributed by atoms with Gasteiger partial charge in [-0.05, 0) is 31.5 Å². The first-order chi connectivity index (χ1) is 15.2. The molecule has 1 heterocycles. The zero-order valence-electron chi connectivity index (χ0n) is 18.8. The zero-order chi connectivity index (χ0) is 21.6. The smallest absolute Gasteiger partial charge is 0.0494 e. The van der Waals surface area contributed by atoms with E-state index in [1.807, 2.05) is 24.3 Å². The van der Waals surface area contributed by atoms with Crippen molar-refractivity contribution in [1.29, 1.82) is 0 Å². The van der Waals surface area contributed by atoms with Crippen LogP contribution in [0.4, 0.5) is 5.69 Å². The maximum absolute atomic E-state index is 3.90. The predicted molar refractivity (Wildman–Crippen MR) is 133 cm³/mol. The number of para-hydroxylation sites is 3. The predicted octanol–water partition coefficient (Wildman–Crippen LogP) is 7.54. The Kier molecular flexibility index (Phi) is 8.55. The van der Waals surface area contributed by atoms with E-state index in [0.717, 1.165) is 12.2 Å². The maximum atomic E-state index is 3.90. The molecular formula is C29H26N2Y-2. The van der Waals surface area contributed by atoms with Crippen molar-refractivity contribution in [2.75, 3.05) is 0 Å². The van der Waals surface area contributed by atoms with Gasteiger partial charge in [0, 0.05) is 61.1 Å². The summed E-state index contributed by atoms with van der Waals surface area (Å²) in [5.41, 5.74) is 7.47. The second kappa shape index (κ2) is 11.4. The molecule has 0 spiro atoms. The summed E-state index contributed by atoms with van der Waals surface area (Å²) in [4.78, 5) is 3.90. The van der Waals surface area contributed by atoms with Crippen molar-refractivity contribution in [3.8, 4) is 0 Å². The van der Waals surface area contributed by atoms with Gasteiger partial charge in [-0.15, -0.1) is 6.92 Å². The molecule has 0 aliphatic carbocycles. The minimum atomic E-state index is 0. The molecule has 2 nitrogen and oxygen atoms in total. The van der Waals surface area contributed by atoms with Gasteiger partial charge >= 0.3 is 0 Å². The van der Waals surface area contributed by atoms with E-state index in [9.17, 15) is 0 Å². The first-order valence-corrected chi connectivity index (χ1v) is 10.5. The molecule has 5 rings (SSSR count). The van der Waals surface area contributed by atoms with Gasteiger partial charge in [-0.25, -0.2) is 11.8 Å². The summed E-state index contributed by atoms with van der Waals surface area (Å²) in [6, 6.07) is 34.7. The van der Waals surface area contributed by atoms with Crippen LogP contribution in [-0.4, -0.2) is 10.8 Å². The van der Waals surface area contributed by atoms with Gasteiger partial charge in [0.2, 0.25) is 0 Å². The molecule has 0 saturated heterocycles. The van der Waals surface area contributed by atoms with Crippen LogP contribution in [0.15, 0.2) is 96.0 Å². The van der Waals surface area contributed by atoms with E-state index in [4.69, 9.17) is 0 Å². The number of hydrogen-bond donors (Lipinski definition) is 0. The van der Waals surface area contributed by atoms with Crippen LogP contribution >= 0.6 is 0 Å². The molecule has 0 fully saturated rings. The van der Waals surface area contributed by atoms with E-state index >= 15 is 0 Å². The topological polar surface area (TPSA) is 17.3 Å². The molecule has 0 amide bonds. The van der Waals surface area contributed by atoms with Crippen molar-refractivity contribution >= 4 is 33.7 Å². The van der Waals surface area contributed by atoms with Crippen LogP contribution in [0.25, 0.3) is 21.8 Å². The van der Waals surface area contributed by atoms with Crippen LogP contribution in [0.1, 0.15) is 23.6 Å². The fraction of sp³-hybridized carbons (Fsp3) is 0.138. The van der Waals surface area contributed by atoms with Gasteiger partial charge in [0.25, 0.3) is 0 Å². The Balaban J connectivity index is 0.000000246. The van der Waals surface area contributed by atoms with Crippen LogP contribution < -0.4 is 0 Å². The molecule has 5 aromatic rings. The average Bonchev–Trinajstić information content (AvgIpc) is 3.09. The summed E-state index contributed by atoms with van der Waals surface area (Å²) < 4.78 is 2.43. The van der Waals surface area contributed by atoms with Crippen LogP contribution in [0, 0.1) is 19.9 Å². The van der Waals surface area contributed by atoms with Gasteiger partial charge in [-0.1, -0.05) is 65.7 Å². The first-order valence-electron chi connectivity index (χ1n) is 10.5. The molecule has 0 N–H and O–H groups in total. The van der Waals surface area contributed by atoms with Crippen LogP contribution in [-0.2, 0) is 39.3 Å². The van der Waals surface area contributed by atoms with Crippen molar-refractivity contribution in [3.05, 3.63) is 114 Å². The van der Waals surface area contributed by atoms with Crippen molar-refractivity contribution in [2.45, 2.75) is 27.3 Å². The van der Waals surface area contributed by atoms with Gasteiger partial charge in [0.15, 0.2) is 0 Å². The molecule has 157 valence electrons. The first kappa shape index (κ1) is 24.1. The number of nitrogens with zero attached hydrogens (tertiary/aromatic N) is 2. The fourth-order valence-electron chi connectivity index (χ4n) is 4.09. The second-order valence-electron chi connectivity index (χ2n) is 7.70. The van der Waals surface area contributed by atoms with Gasteiger partial charge < -0.3 is 9.56 Å². The van der Waals surface area contributed by atoms with Gasteiger partial charge in [0.1, 0.15) is 0 Å². The normalized spacial score (nSPS) is 10.7. The molecule has 0 atom stereocenters. The average molecular weight is 491 g/mol. The molecule has 4 aromatic carbocycles. The molecule has 0 saturated carbocycles. The minimum absolute atomic E-state index is 0. The maximum Gasteiger partial charge on any atom is 0.0494 e. The van der Waals surface area contributed by atoms with E-state index in [1.165, 1.54) is 38.5 Å². The number of benzene rings is 4. The Morgan fingerprint density at radius 3 is 1.88 bits per heavy atom. The van der Waals surface area contributed by atoms with Crippen LogP contribution in [0.3, 0.4) is 0 Å². The largest absolute Gasteiger partial charge is 0.482 e. The fourth-order valence-corrected chi connectivity index (χ4v) is 4.09. The van der Waals surface area contributed by atoms with Crippen LogP contribution in [0.2, 0.25) is 0 Å².